The van der Waals surface area contributed by atoms with Crippen molar-refractivity contribution in [2.75, 3.05) is 13.6 Å². The first-order chi connectivity index (χ1) is 7.54. The number of amides is 1. The Morgan fingerprint density at radius 2 is 2.00 bits per heavy atom. The standard InChI is InChI=1S/C13H17NO2/c1-10-4-5-12(8-11(10)2)6-7-14(3)13(16)9-15/h4-5,8-9H,6-7H2,1-3H3. The summed E-state index contributed by atoms with van der Waals surface area (Å²) in [7, 11) is 1.64. The minimum Gasteiger partial charge on any atom is -0.339 e. The number of aldehydes is 1. The third-order valence-electron chi connectivity index (χ3n) is 2.78. The molecule has 1 aromatic carbocycles. The fourth-order valence-corrected chi connectivity index (χ4v) is 1.46. The Balaban J connectivity index is 2.58. The molecule has 1 rings (SSSR count). The molecular weight excluding hydrogens is 202 g/mol. The number of likely N-dealkylation sites (N-methyl/N-ethyl adjacent to an activating group) is 1. The monoisotopic (exact) mass is 219 g/mol. The molecular formula is C13H17NO2. The van der Waals surface area contributed by atoms with Crippen LogP contribution in [0.1, 0.15) is 16.7 Å². The van der Waals surface area contributed by atoms with E-state index in [1.807, 2.05) is 0 Å². The van der Waals surface area contributed by atoms with Crippen molar-refractivity contribution in [1.82, 2.24) is 4.90 Å². The number of carbonyl (C=O) groups is 2. The summed E-state index contributed by atoms with van der Waals surface area (Å²) in [5.74, 6) is -0.469. The van der Waals surface area contributed by atoms with Crippen LogP contribution >= 0.6 is 0 Å². The number of hydrogen-bond acceptors (Lipinski definition) is 2. The van der Waals surface area contributed by atoms with E-state index in [0.29, 0.717) is 12.8 Å². The highest BCUT2D eigenvalue weighted by Gasteiger charge is 2.06. The van der Waals surface area contributed by atoms with E-state index in [9.17, 15) is 9.59 Å². The van der Waals surface area contributed by atoms with Crippen molar-refractivity contribution in [3.05, 3.63) is 34.9 Å². The van der Waals surface area contributed by atoms with Crippen molar-refractivity contribution in [1.29, 1.82) is 0 Å². The maximum Gasteiger partial charge on any atom is 0.286 e. The van der Waals surface area contributed by atoms with E-state index < -0.39 is 5.91 Å². The van der Waals surface area contributed by atoms with Crippen LogP contribution < -0.4 is 0 Å². The highest BCUT2D eigenvalue weighted by molar-refractivity contribution is 6.23. The van der Waals surface area contributed by atoms with Gasteiger partial charge in [-0.15, -0.1) is 0 Å². The number of carbonyl (C=O) groups excluding carboxylic acids is 2. The molecule has 0 aliphatic heterocycles. The second kappa shape index (κ2) is 5.45. The first-order valence-corrected chi connectivity index (χ1v) is 5.31. The van der Waals surface area contributed by atoms with Crippen LogP contribution in [0.2, 0.25) is 0 Å². The molecule has 0 saturated carbocycles. The molecule has 0 aliphatic rings. The Morgan fingerprint density at radius 1 is 1.31 bits per heavy atom. The summed E-state index contributed by atoms with van der Waals surface area (Å²) < 4.78 is 0. The Kier molecular flexibility index (Phi) is 4.23. The van der Waals surface area contributed by atoms with Crippen molar-refractivity contribution in [2.45, 2.75) is 20.3 Å². The molecule has 3 nitrogen and oxygen atoms in total. The van der Waals surface area contributed by atoms with Crippen LogP contribution in [0.25, 0.3) is 0 Å². The van der Waals surface area contributed by atoms with E-state index in [0.717, 1.165) is 6.42 Å². The quantitative estimate of drug-likeness (QED) is 0.568. The van der Waals surface area contributed by atoms with Gasteiger partial charge in [0.05, 0.1) is 0 Å². The van der Waals surface area contributed by atoms with Gasteiger partial charge in [-0.25, -0.2) is 0 Å². The van der Waals surface area contributed by atoms with Gasteiger partial charge in [-0.1, -0.05) is 18.2 Å². The second-order valence-corrected chi connectivity index (χ2v) is 4.05. The molecule has 0 N–H and O–H groups in total. The molecule has 1 amide bonds. The highest BCUT2D eigenvalue weighted by Crippen LogP contribution is 2.10. The summed E-state index contributed by atoms with van der Waals surface area (Å²) >= 11 is 0. The number of nitrogens with zero attached hydrogens (tertiary/aromatic N) is 1. The lowest BCUT2D eigenvalue weighted by molar-refractivity contribution is -0.137. The Bertz CT molecular complexity index is 399. The number of hydrogen-bond donors (Lipinski definition) is 0. The van der Waals surface area contributed by atoms with Gasteiger partial charge >= 0.3 is 0 Å². The molecule has 16 heavy (non-hydrogen) atoms. The van der Waals surface area contributed by atoms with E-state index in [1.54, 1.807) is 7.05 Å². The van der Waals surface area contributed by atoms with Crippen LogP contribution in [0.4, 0.5) is 0 Å². The summed E-state index contributed by atoms with van der Waals surface area (Å²) in [6.45, 7) is 4.71. The summed E-state index contributed by atoms with van der Waals surface area (Å²) in [4.78, 5) is 22.7. The van der Waals surface area contributed by atoms with Crippen molar-refractivity contribution in [2.24, 2.45) is 0 Å². The molecule has 0 aromatic heterocycles. The molecule has 0 spiro atoms. The third kappa shape index (κ3) is 3.19. The number of benzene rings is 1. The second-order valence-electron chi connectivity index (χ2n) is 4.05. The van der Waals surface area contributed by atoms with Crippen molar-refractivity contribution < 1.29 is 9.59 Å². The van der Waals surface area contributed by atoms with Crippen molar-refractivity contribution in [3.63, 3.8) is 0 Å². The molecule has 0 saturated heterocycles. The van der Waals surface area contributed by atoms with E-state index >= 15 is 0 Å². The van der Waals surface area contributed by atoms with Gasteiger partial charge in [0, 0.05) is 13.6 Å². The molecule has 1 aromatic rings. The molecule has 3 heteroatoms. The highest BCUT2D eigenvalue weighted by atomic mass is 16.2. The fraction of sp³-hybridized carbons (Fsp3) is 0.385. The van der Waals surface area contributed by atoms with Gasteiger partial charge < -0.3 is 4.90 Å². The van der Waals surface area contributed by atoms with Crippen molar-refractivity contribution >= 4 is 12.2 Å². The van der Waals surface area contributed by atoms with Crippen LogP contribution in [0, 0.1) is 13.8 Å². The maximum atomic E-state index is 11.0. The summed E-state index contributed by atoms with van der Waals surface area (Å²) in [5.41, 5.74) is 3.71. The van der Waals surface area contributed by atoms with Crippen molar-refractivity contribution in [3.8, 4) is 0 Å². The largest absolute Gasteiger partial charge is 0.339 e. The predicted molar refractivity (Wildman–Crippen MR) is 63.3 cm³/mol. The average molecular weight is 219 g/mol. The predicted octanol–water partition coefficient (Wildman–Crippen LogP) is 1.50. The lowest BCUT2D eigenvalue weighted by atomic mass is 10.0. The Labute approximate surface area is 96.1 Å². The maximum absolute atomic E-state index is 11.0. The number of aryl methyl sites for hydroxylation is 2. The Morgan fingerprint density at radius 3 is 2.56 bits per heavy atom. The SMILES string of the molecule is Cc1ccc(CCN(C)C(=O)C=O)cc1C. The third-order valence-corrected chi connectivity index (χ3v) is 2.78. The van der Waals surface area contributed by atoms with Gasteiger partial charge in [-0.05, 0) is 37.0 Å². The van der Waals surface area contributed by atoms with Crippen LogP contribution in [0.5, 0.6) is 0 Å². The van der Waals surface area contributed by atoms with Gasteiger partial charge in [0.1, 0.15) is 0 Å². The van der Waals surface area contributed by atoms with Crippen LogP contribution in [-0.2, 0) is 16.0 Å². The zero-order chi connectivity index (χ0) is 12.1. The minimum atomic E-state index is -0.469. The molecule has 0 fully saturated rings. The summed E-state index contributed by atoms with van der Waals surface area (Å²) in [5, 5.41) is 0. The number of rotatable bonds is 4. The zero-order valence-corrected chi connectivity index (χ0v) is 9.99. The first kappa shape index (κ1) is 12.4. The topological polar surface area (TPSA) is 37.4 Å². The van der Waals surface area contributed by atoms with E-state index in [4.69, 9.17) is 0 Å². The molecule has 0 unspecified atom stereocenters. The fourth-order valence-electron chi connectivity index (χ4n) is 1.46. The normalized spacial score (nSPS) is 9.94. The molecule has 0 aliphatic carbocycles. The van der Waals surface area contributed by atoms with Crippen LogP contribution in [0.3, 0.4) is 0 Å². The smallest absolute Gasteiger partial charge is 0.286 e. The molecule has 0 radical (unpaired) electrons. The summed E-state index contributed by atoms with van der Waals surface area (Å²) in [6.07, 6.45) is 1.12. The van der Waals surface area contributed by atoms with Gasteiger partial charge in [-0.2, -0.15) is 0 Å². The zero-order valence-electron chi connectivity index (χ0n) is 9.99. The molecule has 86 valence electrons. The van der Waals surface area contributed by atoms with E-state index in [1.165, 1.54) is 21.6 Å². The van der Waals surface area contributed by atoms with Crippen LogP contribution in [0.15, 0.2) is 18.2 Å². The van der Waals surface area contributed by atoms with Gasteiger partial charge in [0.2, 0.25) is 6.29 Å². The van der Waals surface area contributed by atoms with E-state index in [2.05, 4.69) is 32.0 Å². The van der Waals surface area contributed by atoms with Gasteiger partial charge in [0.15, 0.2) is 0 Å². The molecule has 0 bridgehead atoms. The Hall–Kier alpha value is -1.64. The minimum absolute atomic E-state index is 0.348. The lowest BCUT2D eigenvalue weighted by Gasteiger charge is -2.14. The molecule has 0 heterocycles. The lowest BCUT2D eigenvalue weighted by Crippen LogP contribution is -2.29. The molecule has 0 atom stereocenters. The van der Waals surface area contributed by atoms with Crippen LogP contribution in [-0.4, -0.2) is 30.7 Å². The average Bonchev–Trinajstić information content (AvgIpc) is 2.29. The van der Waals surface area contributed by atoms with E-state index in [-0.39, 0.29) is 0 Å². The van der Waals surface area contributed by atoms with Gasteiger partial charge in [-0.3, -0.25) is 9.59 Å². The summed E-state index contributed by atoms with van der Waals surface area (Å²) in [6, 6.07) is 6.25. The van der Waals surface area contributed by atoms with Gasteiger partial charge in [0.25, 0.3) is 5.91 Å². The first-order valence-electron chi connectivity index (χ1n) is 5.31.